The van der Waals surface area contributed by atoms with Gasteiger partial charge in [-0.3, -0.25) is 4.90 Å². The van der Waals surface area contributed by atoms with Crippen molar-refractivity contribution in [3.05, 3.63) is 16.6 Å². The fraction of sp³-hybridized carbons (Fsp3) is 0.750. The molecule has 0 N–H and O–H groups in total. The molecule has 0 bridgehead atoms. The molecule has 4 heteroatoms. The molecule has 2 heterocycles. The van der Waals surface area contributed by atoms with Gasteiger partial charge in [-0.2, -0.15) is 0 Å². The maximum Gasteiger partial charge on any atom is 0.0795 e. The average Bonchev–Trinajstić information content (AvgIpc) is 2.73. The zero-order valence-corrected chi connectivity index (χ0v) is 11.2. The van der Waals surface area contributed by atoms with E-state index in [0.717, 1.165) is 13.1 Å². The Morgan fingerprint density at radius 3 is 2.94 bits per heavy atom. The van der Waals surface area contributed by atoms with Gasteiger partial charge in [0, 0.05) is 37.6 Å². The van der Waals surface area contributed by atoms with Crippen molar-refractivity contribution < 1.29 is 0 Å². The van der Waals surface area contributed by atoms with Crippen LogP contribution >= 0.6 is 11.3 Å². The first-order valence-electron chi connectivity index (χ1n) is 5.96. The molecule has 0 spiro atoms. The van der Waals surface area contributed by atoms with Gasteiger partial charge in [-0.15, -0.1) is 11.3 Å². The first-order valence-corrected chi connectivity index (χ1v) is 6.90. The van der Waals surface area contributed by atoms with Crippen LogP contribution in [0.3, 0.4) is 0 Å². The smallest absolute Gasteiger partial charge is 0.0795 e. The Morgan fingerprint density at radius 2 is 2.31 bits per heavy atom. The van der Waals surface area contributed by atoms with Gasteiger partial charge >= 0.3 is 0 Å². The molecule has 0 saturated carbocycles. The highest BCUT2D eigenvalue weighted by Crippen LogP contribution is 2.19. The van der Waals surface area contributed by atoms with Gasteiger partial charge in [0.15, 0.2) is 0 Å². The molecule has 0 amide bonds. The van der Waals surface area contributed by atoms with Crippen molar-refractivity contribution in [2.24, 2.45) is 5.92 Å². The average molecular weight is 239 g/mol. The van der Waals surface area contributed by atoms with Crippen LogP contribution in [0.1, 0.15) is 19.5 Å². The fourth-order valence-electron chi connectivity index (χ4n) is 2.34. The number of likely N-dealkylation sites (N-methyl/N-ethyl adjacent to an activating group) is 1. The molecule has 1 atom stereocenters. The van der Waals surface area contributed by atoms with E-state index in [-0.39, 0.29) is 0 Å². The van der Waals surface area contributed by atoms with Crippen LogP contribution < -0.4 is 0 Å². The van der Waals surface area contributed by atoms with Crippen molar-refractivity contribution in [3.63, 3.8) is 0 Å². The molecular formula is C12H21N3S. The summed E-state index contributed by atoms with van der Waals surface area (Å²) in [6.45, 7) is 9.17. The van der Waals surface area contributed by atoms with Gasteiger partial charge in [0.05, 0.1) is 11.2 Å². The van der Waals surface area contributed by atoms with Gasteiger partial charge < -0.3 is 4.90 Å². The van der Waals surface area contributed by atoms with Crippen molar-refractivity contribution in [1.82, 2.24) is 14.8 Å². The van der Waals surface area contributed by atoms with Crippen LogP contribution in [-0.4, -0.2) is 47.5 Å². The highest BCUT2D eigenvalue weighted by molar-refractivity contribution is 7.07. The lowest BCUT2D eigenvalue weighted by Gasteiger charge is -2.41. The third-order valence-electron chi connectivity index (χ3n) is 3.35. The third kappa shape index (κ3) is 2.81. The molecule has 1 fully saturated rings. The Balaban J connectivity index is 2.01. The van der Waals surface area contributed by atoms with Gasteiger partial charge in [0.2, 0.25) is 0 Å². The van der Waals surface area contributed by atoms with Crippen LogP contribution in [0.4, 0.5) is 0 Å². The standard InChI is InChI=1S/C12H21N3S/c1-10(2)12-7-14(3)4-5-15(12)6-11-8-16-9-13-11/h8-10,12H,4-7H2,1-3H3/t12-/m0/s1. The molecule has 2 rings (SSSR count). The van der Waals surface area contributed by atoms with Gasteiger partial charge in [-0.1, -0.05) is 13.8 Å². The number of nitrogens with zero attached hydrogens (tertiary/aromatic N) is 3. The second-order valence-corrected chi connectivity index (χ2v) is 5.74. The lowest BCUT2D eigenvalue weighted by Crippen LogP contribution is -2.53. The van der Waals surface area contributed by atoms with E-state index in [1.807, 2.05) is 5.51 Å². The van der Waals surface area contributed by atoms with Gasteiger partial charge in [-0.05, 0) is 13.0 Å². The third-order valence-corrected chi connectivity index (χ3v) is 3.99. The molecule has 0 radical (unpaired) electrons. The predicted octanol–water partition coefficient (Wildman–Crippen LogP) is 1.92. The molecule has 1 aliphatic heterocycles. The first kappa shape index (κ1) is 12.0. The van der Waals surface area contributed by atoms with E-state index in [0.29, 0.717) is 12.0 Å². The summed E-state index contributed by atoms with van der Waals surface area (Å²) in [5, 5.41) is 2.16. The summed E-state index contributed by atoms with van der Waals surface area (Å²) in [7, 11) is 2.22. The summed E-state index contributed by atoms with van der Waals surface area (Å²) in [5.41, 5.74) is 3.15. The molecule has 1 aliphatic rings. The highest BCUT2D eigenvalue weighted by atomic mass is 32.1. The molecule has 90 valence electrons. The molecule has 1 aromatic heterocycles. The summed E-state index contributed by atoms with van der Waals surface area (Å²) >= 11 is 1.69. The molecule has 16 heavy (non-hydrogen) atoms. The van der Waals surface area contributed by atoms with E-state index in [1.165, 1.54) is 18.8 Å². The van der Waals surface area contributed by atoms with Crippen LogP contribution in [0.25, 0.3) is 0 Å². The number of piperazine rings is 1. The van der Waals surface area contributed by atoms with Crippen molar-refractivity contribution in [1.29, 1.82) is 0 Å². The molecule has 1 aromatic rings. The van der Waals surface area contributed by atoms with E-state index >= 15 is 0 Å². The first-order chi connectivity index (χ1) is 7.66. The number of thiazole rings is 1. The molecule has 0 aromatic carbocycles. The zero-order valence-electron chi connectivity index (χ0n) is 10.4. The van der Waals surface area contributed by atoms with Crippen molar-refractivity contribution in [2.75, 3.05) is 26.7 Å². The summed E-state index contributed by atoms with van der Waals surface area (Å²) in [4.78, 5) is 9.40. The van der Waals surface area contributed by atoms with E-state index in [1.54, 1.807) is 11.3 Å². The van der Waals surface area contributed by atoms with Gasteiger partial charge in [0.1, 0.15) is 0 Å². The van der Waals surface area contributed by atoms with Crippen molar-refractivity contribution in [2.45, 2.75) is 26.4 Å². The minimum atomic E-state index is 0.667. The minimum Gasteiger partial charge on any atom is -0.304 e. The van der Waals surface area contributed by atoms with Crippen LogP contribution in [0, 0.1) is 5.92 Å². The Bertz CT molecular complexity index is 310. The Kier molecular flexibility index (Phi) is 3.95. The van der Waals surface area contributed by atoms with E-state index in [9.17, 15) is 0 Å². The maximum atomic E-state index is 4.39. The van der Waals surface area contributed by atoms with Crippen LogP contribution in [-0.2, 0) is 6.54 Å². The Hall–Kier alpha value is -0.450. The zero-order chi connectivity index (χ0) is 11.5. The van der Waals surface area contributed by atoms with E-state index in [2.05, 4.69) is 41.1 Å². The van der Waals surface area contributed by atoms with Crippen molar-refractivity contribution in [3.8, 4) is 0 Å². The molecule has 3 nitrogen and oxygen atoms in total. The molecule has 0 aliphatic carbocycles. The predicted molar refractivity (Wildman–Crippen MR) is 68.6 cm³/mol. The normalized spacial score (nSPS) is 24.1. The number of hydrogen-bond acceptors (Lipinski definition) is 4. The van der Waals surface area contributed by atoms with Crippen molar-refractivity contribution >= 4 is 11.3 Å². The van der Waals surface area contributed by atoms with E-state index in [4.69, 9.17) is 0 Å². The summed E-state index contributed by atoms with van der Waals surface area (Å²) in [6, 6.07) is 0.667. The van der Waals surface area contributed by atoms with Gasteiger partial charge in [-0.25, -0.2) is 4.98 Å². The quantitative estimate of drug-likeness (QED) is 0.803. The monoisotopic (exact) mass is 239 g/mol. The second kappa shape index (κ2) is 5.25. The second-order valence-electron chi connectivity index (χ2n) is 5.02. The lowest BCUT2D eigenvalue weighted by atomic mass is 9.99. The number of hydrogen-bond donors (Lipinski definition) is 0. The Labute approximate surface area is 102 Å². The van der Waals surface area contributed by atoms with Crippen LogP contribution in [0.2, 0.25) is 0 Å². The highest BCUT2D eigenvalue weighted by Gasteiger charge is 2.27. The number of rotatable bonds is 3. The van der Waals surface area contributed by atoms with E-state index < -0.39 is 0 Å². The largest absolute Gasteiger partial charge is 0.304 e. The van der Waals surface area contributed by atoms with Crippen LogP contribution in [0.15, 0.2) is 10.9 Å². The molecule has 0 unspecified atom stereocenters. The Morgan fingerprint density at radius 1 is 1.50 bits per heavy atom. The lowest BCUT2D eigenvalue weighted by molar-refractivity contribution is 0.0563. The minimum absolute atomic E-state index is 0.667. The summed E-state index contributed by atoms with van der Waals surface area (Å²) in [6.07, 6.45) is 0. The maximum absolute atomic E-state index is 4.39. The molecular weight excluding hydrogens is 218 g/mol. The van der Waals surface area contributed by atoms with Gasteiger partial charge in [0.25, 0.3) is 0 Å². The topological polar surface area (TPSA) is 19.4 Å². The fourth-order valence-corrected chi connectivity index (χ4v) is 2.89. The summed E-state index contributed by atoms with van der Waals surface area (Å²) < 4.78 is 0. The number of aromatic nitrogens is 1. The van der Waals surface area contributed by atoms with Crippen LogP contribution in [0.5, 0.6) is 0 Å². The SMILES string of the molecule is CC(C)[C@@H]1CN(C)CCN1Cc1cscn1. The molecule has 1 saturated heterocycles. The summed E-state index contributed by atoms with van der Waals surface area (Å²) in [5.74, 6) is 0.710.